The Hall–Kier alpha value is -2.74. The average molecular weight is 372 g/mol. The molecule has 2 aliphatic rings. The second-order valence-electron chi connectivity index (χ2n) is 6.29. The molecule has 0 aromatic heterocycles. The molecule has 2 aromatic rings. The van der Waals surface area contributed by atoms with Gasteiger partial charge in [-0.3, -0.25) is 19.8 Å². The minimum Gasteiger partial charge on any atom is -0.454 e. The predicted molar refractivity (Wildman–Crippen MR) is 97.8 cm³/mol. The molecule has 0 aliphatic carbocycles. The number of ether oxygens (including phenoxy) is 2. The van der Waals surface area contributed by atoms with Crippen molar-refractivity contribution in [2.75, 3.05) is 17.4 Å². The Morgan fingerprint density at radius 3 is 2.42 bits per heavy atom. The van der Waals surface area contributed by atoms with Crippen molar-refractivity contribution in [3.8, 4) is 11.5 Å². The molecule has 1 atom stereocenters. The SMILES string of the molecule is Cc1cc(C)cc(N2C(=O)CSC2c2cc3c(cc2[N+](=O)[O-])OCO3)c1. The number of aryl methyl sites for hydroxylation is 2. The molecule has 0 radical (unpaired) electrons. The summed E-state index contributed by atoms with van der Waals surface area (Å²) in [7, 11) is 0. The Kier molecular flexibility index (Phi) is 3.99. The molecule has 1 amide bonds. The molecule has 1 fully saturated rings. The Labute approximate surface area is 154 Å². The van der Waals surface area contributed by atoms with E-state index in [0.29, 0.717) is 17.1 Å². The van der Waals surface area contributed by atoms with Gasteiger partial charge in [0, 0.05) is 5.69 Å². The molecule has 1 unspecified atom stereocenters. The van der Waals surface area contributed by atoms with Gasteiger partial charge in [0.2, 0.25) is 12.7 Å². The monoisotopic (exact) mass is 372 g/mol. The summed E-state index contributed by atoms with van der Waals surface area (Å²) in [5.74, 6) is 1.01. The van der Waals surface area contributed by atoms with E-state index in [1.165, 1.54) is 17.8 Å². The van der Waals surface area contributed by atoms with Crippen LogP contribution in [0.4, 0.5) is 11.4 Å². The number of carbonyl (C=O) groups is 1. The average Bonchev–Trinajstić information content (AvgIpc) is 3.18. The maximum Gasteiger partial charge on any atom is 0.279 e. The first-order valence-corrected chi connectivity index (χ1v) is 9.09. The Morgan fingerprint density at radius 2 is 1.77 bits per heavy atom. The number of thioether (sulfide) groups is 1. The highest BCUT2D eigenvalue weighted by molar-refractivity contribution is 8.00. The van der Waals surface area contributed by atoms with Gasteiger partial charge in [-0.05, 0) is 43.2 Å². The first-order chi connectivity index (χ1) is 12.4. The van der Waals surface area contributed by atoms with Crippen molar-refractivity contribution in [1.82, 2.24) is 0 Å². The Balaban J connectivity index is 1.84. The maximum atomic E-state index is 12.6. The second kappa shape index (κ2) is 6.21. The fourth-order valence-electron chi connectivity index (χ4n) is 3.33. The van der Waals surface area contributed by atoms with Crippen LogP contribution in [0.1, 0.15) is 22.1 Å². The summed E-state index contributed by atoms with van der Waals surface area (Å²) in [6.45, 7) is 3.96. The van der Waals surface area contributed by atoms with Crippen LogP contribution in [0, 0.1) is 24.0 Å². The zero-order valence-electron chi connectivity index (χ0n) is 14.2. The van der Waals surface area contributed by atoms with Gasteiger partial charge >= 0.3 is 0 Å². The van der Waals surface area contributed by atoms with Gasteiger partial charge in [-0.1, -0.05) is 6.07 Å². The highest BCUT2D eigenvalue weighted by Crippen LogP contribution is 2.48. The van der Waals surface area contributed by atoms with E-state index in [0.717, 1.165) is 16.8 Å². The third-order valence-electron chi connectivity index (χ3n) is 4.34. The van der Waals surface area contributed by atoms with Crippen molar-refractivity contribution < 1.29 is 19.2 Å². The zero-order valence-corrected chi connectivity index (χ0v) is 15.0. The van der Waals surface area contributed by atoms with E-state index < -0.39 is 10.3 Å². The number of fused-ring (bicyclic) bond motifs is 1. The van der Waals surface area contributed by atoms with Crippen molar-refractivity contribution in [3.05, 3.63) is 57.1 Å². The highest BCUT2D eigenvalue weighted by Gasteiger charge is 2.39. The van der Waals surface area contributed by atoms with Gasteiger partial charge in [-0.2, -0.15) is 0 Å². The number of benzene rings is 2. The van der Waals surface area contributed by atoms with Crippen LogP contribution < -0.4 is 14.4 Å². The molecule has 0 spiro atoms. The van der Waals surface area contributed by atoms with Crippen molar-refractivity contribution in [2.24, 2.45) is 0 Å². The molecular formula is C18H16N2O5S. The number of nitro benzene ring substituents is 1. The summed E-state index contributed by atoms with van der Waals surface area (Å²) in [4.78, 5) is 25.4. The fraction of sp³-hybridized carbons (Fsp3) is 0.278. The van der Waals surface area contributed by atoms with Crippen LogP contribution in [-0.2, 0) is 4.79 Å². The van der Waals surface area contributed by atoms with E-state index in [4.69, 9.17) is 9.47 Å². The van der Waals surface area contributed by atoms with E-state index in [-0.39, 0.29) is 24.1 Å². The summed E-state index contributed by atoms with van der Waals surface area (Å²) in [6.07, 6.45) is 0. The molecule has 0 bridgehead atoms. The van der Waals surface area contributed by atoms with Crippen molar-refractivity contribution in [2.45, 2.75) is 19.2 Å². The third-order valence-corrected chi connectivity index (χ3v) is 5.53. The molecule has 4 rings (SSSR count). The van der Waals surface area contributed by atoms with Crippen LogP contribution in [0.3, 0.4) is 0 Å². The lowest BCUT2D eigenvalue weighted by atomic mass is 10.1. The van der Waals surface area contributed by atoms with E-state index in [1.54, 1.807) is 11.0 Å². The number of amides is 1. The topological polar surface area (TPSA) is 81.9 Å². The van der Waals surface area contributed by atoms with Gasteiger partial charge in [-0.15, -0.1) is 11.8 Å². The molecule has 0 N–H and O–H groups in total. The quantitative estimate of drug-likeness (QED) is 0.603. The van der Waals surface area contributed by atoms with Crippen LogP contribution in [-0.4, -0.2) is 23.4 Å². The standard InChI is InChI=1S/C18H16N2O5S/c1-10-3-11(2)5-12(4-10)19-17(21)8-26-18(19)13-6-15-16(25-9-24-15)7-14(13)20(22)23/h3-7,18H,8-9H2,1-2H3. The normalized spacial score (nSPS) is 18.5. The molecular weight excluding hydrogens is 356 g/mol. The lowest BCUT2D eigenvalue weighted by molar-refractivity contribution is -0.385. The lowest BCUT2D eigenvalue weighted by Gasteiger charge is -2.25. The van der Waals surface area contributed by atoms with E-state index in [1.807, 2.05) is 32.0 Å². The summed E-state index contributed by atoms with van der Waals surface area (Å²) in [5.41, 5.74) is 3.17. The summed E-state index contributed by atoms with van der Waals surface area (Å²) >= 11 is 1.37. The second-order valence-corrected chi connectivity index (χ2v) is 7.36. The van der Waals surface area contributed by atoms with Gasteiger partial charge in [0.15, 0.2) is 11.5 Å². The van der Waals surface area contributed by atoms with Crippen LogP contribution >= 0.6 is 11.8 Å². The summed E-state index contributed by atoms with van der Waals surface area (Å²) in [5, 5.41) is 11.1. The molecule has 0 saturated carbocycles. The van der Waals surface area contributed by atoms with Crippen molar-refractivity contribution in [1.29, 1.82) is 0 Å². The maximum absolute atomic E-state index is 12.6. The molecule has 2 heterocycles. The molecule has 1 saturated heterocycles. The number of hydrogen-bond donors (Lipinski definition) is 0. The largest absolute Gasteiger partial charge is 0.454 e. The van der Waals surface area contributed by atoms with E-state index in [2.05, 4.69) is 0 Å². The first-order valence-electron chi connectivity index (χ1n) is 8.04. The van der Waals surface area contributed by atoms with Gasteiger partial charge in [0.05, 0.1) is 22.3 Å². The third kappa shape index (κ3) is 2.76. The number of anilines is 1. The van der Waals surface area contributed by atoms with Gasteiger partial charge in [0.25, 0.3) is 5.69 Å². The molecule has 26 heavy (non-hydrogen) atoms. The molecule has 2 aromatic carbocycles. The van der Waals surface area contributed by atoms with Gasteiger partial charge in [-0.25, -0.2) is 0 Å². The number of nitro groups is 1. The lowest BCUT2D eigenvalue weighted by Crippen LogP contribution is -2.28. The smallest absolute Gasteiger partial charge is 0.279 e. The van der Waals surface area contributed by atoms with Crippen molar-refractivity contribution >= 4 is 29.0 Å². The predicted octanol–water partition coefficient (Wildman–Crippen LogP) is 3.72. The fourth-order valence-corrected chi connectivity index (χ4v) is 4.52. The number of nitrogens with zero attached hydrogens (tertiary/aromatic N) is 2. The summed E-state index contributed by atoms with van der Waals surface area (Å²) in [6, 6.07) is 8.85. The number of rotatable bonds is 3. The first kappa shape index (κ1) is 16.7. The number of hydrogen-bond acceptors (Lipinski definition) is 6. The minimum absolute atomic E-state index is 0.0352. The van der Waals surface area contributed by atoms with Crippen LogP contribution in [0.5, 0.6) is 11.5 Å². The highest BCUT2D eigenvalue weighted by atomic mass is 32.2. The van der Waals surface area contributed by atoms with Gasteiger partial charge < -0.3 is 9.47 Å². The Morgan fingerprint density at radius 1 is 1.12 bits per heavy atom. The van der Waals surface area contributed by atoms with Crippen LogP contribution in [0.25, 0.3) is 0 Å². The molecule has 7 nitrogen and oxygen atoms in total. The molecule has 2 aliphatic heterocycles. The van der Waals surface area contributed by atoms with Crippen molar-refractivity contribution in [3.63, 3.8) is 0 Å². The van der Waals surface area contributed by atoms with Crippen LogP contribution in [0.2, 0.25) is 0 Å². The molecule has 8 heteroatoms. The number of carbonyl (C=O) groups excluding carboxylic acids is 1. The summed E-state index contributed by atoms with van der Waals surface area (Å²) < 4.78 is 10.6. The van der Waals surface area contributed by atoms with Crippen LogP contribution in [0.15, 0.2) is 30.3 Å². The minimum atomic E-state index is -0.487. The van der Waals surface area contributed by atoms with E-state index >= 15 is 0 Å². The van der Waals surface area contributed by atoms with Gasteiger partial charge in [0.1, 0.15) is 5.37 Å². The zero-order chi connectivity index (χ0) is 18.4. The van der Waals surface area contributed by atoms with E-state index in [9.17, 15) is 14.9 Å². The molecule has 134 valence electrons. The Bertz CT molecular complexity index is 910.